The lowest BCUT2D eigenvalue weighted by molar-refractivity contribution is -0.141. The van der Waals surface area contributed by atoms with Crippen molar-refractivity contribution in [3.05, 3.63) is 65.1 Å². The molecule has 0 aliphatic carbocycles. The van der Waals surface area contributed by atoms with E-state index in [-0.39, 0.29) is 17.9 Å². The van der Waals surface area contributed by atoms with Crippen LogP contribution in [-0.2, 0) is 19.1 Å². The zero-order valence-corrected chi connectivity index (χ0v) is 16.9. The minimum atomic E-state index is -4.58. The Morgan fingerprint density at radius 1 is 1.23 bits per heavy atom. The molecule has 164 valence electrons. The third-order valence-corrected chi connectivity index (χ3v) is 5.34. The molecule has 4 rings (SSSR count). The first-order valence-corrected chi connectivity index (χ1v) is 9.87. The molecule has 0 spiro atoms. The van der Waals surface area contributed by atoms with Crippen LogP contribution in [-0.4, -0.2) is 68.2 Å². The highest BCUT2D eigenvalue weighted by molar-refractivity contribution is 5.92. The molecule has 1 atom stereocenters. The fourth-order valence-electron chi connectivity index (χ4n) is 3.80. The summed E-state index contributed by atoms with van der Waals surface area (Å²) in [5, 5.41) is 14.0. The Bertz CT molecular complexity index is 1100. The van der Waals surface area contributed by atoms with Crippen LogP contribution < -0.4 is 0 Å². The molecule has 0 saturated heterocycles. The van der Waals surface area contributed by atoms with Gasteiger partial charge in [-0.15, -0.1) is 0 Å². The first-order valence-electron chi connectivity index (χ1n) is 9.87. The van der Waals surface area contributed by atoms with Gasteiger partial charge in [-0.2, -0.15) is 18.3 Å². The van der Waals surface area contributed by atoms with Gasteiger partial charge in [0.05, 0.1) is 12.3 Å². The van der Waals surface area contributed by atoms with Crippen molar-refractivity contribution in [1.29, 1.82) is 0 Å². The van der Waals surface area contributed by atoms with Crippen molar-refractivity contribution in [3.8, 4) is 0 Å². The van der Waals surface area contributed by atoms with Gasteiger partial charge in [0.2, 0.25) is 0 Å². The molecule has 0 bridgehead atoms. The fourth-order valence-corrected chi connectivity index (χ4v) is 3.80. The molecule has 31 heavy (non-hydrogen) atoms. The Morgan fingerprint density at radius 3 is 2.71 bits per heavy atom. The van der Waals surface area contributed by atoms with Crippen LogP contribution >= 0.6 is 0 Å². The summed E-state index contributed by atoms with van der Waals surface area (Å²) in [6, 6.07) is 10.2. The lowest BCUT2D eigenvalue weighted by atomic mass is 10.00. The number of aliphatic hydroxyl groups is 1. The summed E-state index contributed by atoms with van der Waals surface area (Å²) in [5.74, 6) is -0.498. The predicted octanol–water partition coefficient (Wildman–Crippen LogP) is 2.24. The second-order valence-electron chi connectivity index (χ2n) is 7.74. The molecular formula is C21H22F3N5O2. The summed E-state index contributed by atoms with van der Waals surface area (Å²) in [4.78, 5) is 20.2. The van der Waals surface area contributed by atoms with E-state index in [4.69, 9.17) is 0 Å². The minimum absolute atomic E-state index is 0.0339. The zero-order chi connectivity index (χ0) is 22.2. The van der Waals surface area contributed by atoms with Gasteiger partial charge in [-0.25, -0.2) is 9.50 Å². The quantitative estimate of drug-likeness (QED) is 0.668. The standard InChI is InChI=1S/C21H22F3N5O2/c1-27(11-16(30)12-28-9-8-14-4-2-3-5-15(14)10-28)20(31)17-13-29-19(25-17)7-6-18(26-29)21(22,23)24/h2-7,13,16,30H,8-12H2,1H3/t16-/m0/s1. The van der Waals surface area contributed by atoms with Crippen molar-refractivity contribution in [3.63, 3.8) is 0 Å². The molecule has 1 N–H and O–H groups in total. The maximum Gasteiger partial charge on any atom is 0.435 e. The highest BCUT2D eigenvalue weighted by atomic mass is 19.4. The number of benzene rings is 1. The Labute approximate surface area is 176 Å². The average molecular weight is 433 g/mol. The van der Waals surface area contributed by atoms with Gasteiger partial charge in [0.25, 0.3) is 5.91 Å². The van der Waals surface area contributed by atoms with Crippen molar-refractivity contribution in [1.82, 2.24) is 24.4 Å². The van der Waals surface area contributed by atoms with Crippen LogP contribution in [0.15, 0.2) is 42.6 Å². The number of aliphatic hydroxyl groups excluding tert-OH is 1. The second-order valence-corrected chi connectivity index (χ2v) is 7.74. The number of amides is 1. The summed E-state index contributed by atoms with van der Waals surface area (Å²) in [7, 11) is 1.52. The monoisotopic (exact) mass is 433 g/mol. The normalized spacial score (nSPS) is 15.6. The number of aromatic nitrogens is 3. The summed E-state index contributed by atoms with van der Waals surface area (Å²) in [6.45, 7) is 2.05. The first-order chi connectivity index (χ1) is 14.7. The van der Waals surface area contributed by atoms with Crippen LogP contribution in [0.25, 0.3) is 5.65 Å². The maximum absolute atomic E-state index is 12.8. The van der Waals surface area contributed by atoms with E-state index in [1.165, 1.54) is 23.1 Å². The second kappa shape index (κ2) is 8.27. The molecule has 0 saturated carbocycles. The maximum atomic E-state index is 12.8. The number of rotatable bonds is 5. The summed E-state index contributed by atoms with van der Waals surface area (Å²) in [5.41, 5.74) is 1.59. The summed E-state index contributed by atoms with van der Waals surface area (Å²) in [6.07, 6.45) is -3.28. The van der Waals surface area contributed by atoms with Crippen LogP contribution in [0.5, 0.6) is 0 Å². The molecule has 1 aliphatic rings. The molecule has 3 heterocycles. The molecule has 10 heteroatoms. The molecule has 2 aromatic heterocycles. The van der Waals surface area contributed by atoms with E-state index >= 15 is 0 Å². The van der Waals surface area contributed by atoms with Crippen molar-refractivity contribution in [2.24, 2.45) is 0 Å². The number of nitrogens with zero attached hydrogens (tertiary/aromatic N) is 5. The number of likely N-dealkylation sites (N-methyl/N-ethyl adjacent to an activating group) is 1. The summed E-state index contributed by atoms with van der Waals surface area (Å²) < 4.78 is 39.4. The SMILES string of the molecule is CN(C[C@H](O)CN1CCc2ccccc2C1)C(=O)c1cn2nc(C(F)(F)F)ccc2n1. The van der Waals surface area contributed by atoms with Gasteiger partial charge in [-0.1, -0.05) is 24.3 Å². The van der Waals surface area contributed by atoms with Crippen molar-refractivity contribution in [2.75, 3.05) is 26.7 Å². The van der Waals surface area contributed by atoms with Crippen molar-refractivity contribution >= 4 is 11.6 Å². The van der Waals surface area contributed by atoms with Gasteiger partial charge < -0.3 is 10.0 Å². The zero-order valence-electron chi connectivity index (χ0n) is 16.9. The molecule has 3 aromatic rings. The molecule has 7 nitrogen and oxygen atoms in total. The van der Waals surface area contributed by atoms with E-state index in [9.17, 15) is 23.1 Å². The fraction of sp³-hybridized carbons (Fsp3) is 0.381. The number of halogens is 3. The first kappa shape index (κ1) is 21.3. The van der Waals surface area contributed by atoms with Gasteiger partial charge >= 0.3 is 6.18 Å². The van der Waals surface area contributed by atoms with Crippen LogP contribution in [0.4, 0.5) is 13.2 Å². The van der Waals surface area contributed by atoms with E-state index in [1.54, 1.807) is 0 Å². The lowest BCUT2D eigenvalue weighted by Gasteiger charge is -2.31. The predicted molar refractivity (Wildman–Crippen MR) is 106 cm³/mol. The van der Waals surface area contributed by atoms with Crippen LogP contribution in [0, 0.1) is 0 Å². The molecule has 1 aromatic carbocycles. The molecule has 1 aliphatic heterocycles. The van der Waals surface area contributed by atoms with E-state index in [0.717, 1.165) is 42.4 Å². The number of hydrogen-bond acceptors (Lipinski definition) is 5. The number of β-amino-alcohol motifs (C(OH)–C–C–N with tert-alkyl or cyclic N) is 1. The van der Waals surface area contributed by atoms with Gasteiger partial charge in [0, 0.05) is 33.2 Å². The number of alkyl halides is 3. The Hall–Kier alpha value is -2.98. The lowest BCUT2D eigenvalue weighted by Crippen LogP contribution is -2.42. The average Bonchev–Trinajstić information content (AvgIpc) is 3.15. The van der Waals surface area contributed by atoms with E-state index in [1.807, 2.05) is 12.1 Å². The highest BCUT2D eigenvalue weighted by Gasteiger charge is 2.33. The van der Waals surface area contributed by atoms with Crippen LogP contribution in [0.3, 0.4) is 0 Å². The van der Waals surface area contributed by atoms with E-state index in [2.05, 4.69) is 27.1 Å². The number of imidazole rings is 1. The Balaban J connectivity index is 1.38. The Kier molecular flexibility index (Phi) is 5.67. The van der Waals surface area contributed by atoms with E-state index in [0.29, 0.717) is 6.54 Å². The third kappa shape index (κ3) is 4.70. The molecule has 0 unspecified atom stereocenters. The largest absolute Gasteiger partial charge is 0.435 e. The molecule has 0 fully saturated rings. The number of carbonyl (C=O) groups is 1. The smallest absolute Gasteiger partial charge is 0.390 e. The Morgan fingerprint density at radius 2 is 1.97 bits per heavy atom. The number of carbonyl (C=O) groups excluding carboxylic acids is 1. The van der Waals surface area contributed by atoms with Crippen molar-refractivity contribution in [2.45, 2.75) is 25.2 Å². The van der Waals surface area contributed by atoms with Crippen LogP contribution in [0.1, 0.15) is 27.3 Å². The summed E-state index contributed by atoms with van der Waals surface area (Å²) >= 11 is 0. The van der Waals surface area contributed by atoms with Crippen molar-refractivity contribution < 1.29 is 23.1 Å². The van der Waals surface area contributed by atoms with Gasteiger partial charge in [0.15, 0.2) is 11.3 Å². The number of hydrogen-bond donors (Lipinski definition) is 1. The highest BCUT2D eigenvalue weighted by Crippen LogP contribution is 2.27. The van der Waals surface area contributed by atoms with Gasteiger partial charge in [-0.3, -0.25) is 9.69 Å². The van der Waals surface area contributed by atoms with Crippen LogP contribution in [0.2, 0.25) is 0 Å². The minimum Gasteiger partial charge on any atom is -0.390 e. The third-order valence-electron chi connectivity index (χ3n) is 5.34. The van der Waals surface area contributed by atoms with Gasteiger partial charge in [0.1, 0.15) is 5.69 Å². The number of fused-ring (bicyclic) bond motifs is 2. The topological polar surface area (TPSA) is 74.0 Å². The van der Waals surface area contributed by atoms with Gasteiger partial charge in [-0.05, 0) is 29.7 Å². The molecular weight excluding hydrogens is 411 g/mol. The van der Waals surface area contributed by atoms with E-state index < -0.39 is 23.9 Å². The molecule has 1 amide bonds. The molecule has 0 radical (unpaired) electrons.